The number of para-hydroxylation sites is 1. The second-order valence-corrected chi connectivity index (χ2v) is 5.82. The van der Waals surface area contributed by atoms with E-state index in [4.69, 9.17) is 0 Å². The van der Waals surface area contributed by atoms with Gasteiger partial charge in [-0.1, -0.05) is 18.9 Å². The maximum absolute atomic E-state index is 12.6. The molecule has 1 aliphatic carbocycles. The molecule has 0 radical (unpaired) electrons. The number of fused-ring (bicyclic) bond motifs is 1. The Balaban J connectivity index is 1.86. The number of benzene rings is 1. The maximum Gasteiger partial charge on any atom is 0.255 e. The number of hydrogen-bond acceptors (Lipinski definition) is 4. The lowest BCUT2D eigenvalue weighted by Crippen LogP contribution is -2.42. The minimum Gasteiger partial charge on any atom is -0.388 e. The van der Waals surface area contributed by atoms with E-state index in [0.29, 0.717) is 23.1 Å². The highest BCUT2D eigenvalue weighted by atomic mass is 16.3. The Morgan fingerprint density at radius 3 is 2.76 bits per heavy atom. The summed E-state index contributed by atoms with van der Waals surface area (Å²) in [5.74, 6) is -0.124. The van der Waals surface area contributed by atoms with Gasteiger partial charge in [-0.05, 0) is 25.0 Å². The number of carbonyl (C=O) groups excluding carboxylic acids is 1. The quantitative estimate of drug-likeness (QED) is 0.936. The molecule has 1 aromatic heterocycles. The van der Waals surface area contributed by atoms with E-state index in [0.717, 1.165) is 25.7 Å². The summed E-state index contributed by atoms with van der Waals surface area (Å²) in [6.07, 6.45) is 6.78. The molecule has 1 aromatic carbocycles. The van der Waals surface area contributed by atoms with E-state index in [9.17, 15) is 9.90 Å². The molecule has 0 saturated heterocycles. The third kappa shape index (κ3) is 2.74. The van der Waals surface area contributed by atoms with Crippen molar-refractivity contribution in [1.29, 1.82) is 0 Å². The summed E-state index contributed by atoms with van der Waals surface area (Å²) in [5.41, 5.74) is 1.11. The number of carbonyl (C=O) groups is 1. The van der Waals surface area contributed by atoms with Gasteiger partial charge in [0.1, 0.15) is 5.52 Å². The summed E-state index contributed by atoms with van der Waals surface area (Å²) in [6.45, 7) is 0.364. The zero-order valence-electron chi connectivity index (χ0n) is 12.1. The molecule has 0 bridgehead atoms. The summed E-state index contributed by atoms with van der Waals surface area (Å²) >= 11 is 0. The molecule has 0 spiro atoms. The van der Waals surface area contributed by atoms with E-state index in [2.05, 4.69) is 9.97 Å². The number of hydrogen-bond donors (Lipinski definition) is 1. The molecule has 3 rings (SSSR count). The van der Waals surface area contributed by atoms with E-state index in [1.54, 1.807) is 30.4 Å². The van der Waals surface area contributed by atoms with Crippen LogP contribution in [0.5, 0.6) is 0 Å². The van der Waals surface area contributed by atoms with E-state index in [-0.39, 0.29) is 5.91 Å². The van der Waals surface area contributed by atoms with Crippen LogP contribution in [0.2, 0.25) is 0 Å². The van der Waals surface area contributed by atoms with Crippen LogP contribution in [0.25, 0.3) is 11.0 Å². The fourth-order valence-electron chi connectivity index (χ4n) is 3.08. The van der Waals surface area contributed by atoms with Gasteiger partial charge in [-0.3, -0.25) is 14.8 Å². The van der Waals surface area contributed by atoms with Crippen molar-refractivity contribution in [2.24, 2.45) is 0 Å². The van der Waals surface area contributed by atoms with Gasteiger partial charge in [0, 0.05) is 26.0 Å². The van der Waals surface area contributed by atoms with E-state index in [1.165, 1.54) is 0 Å². The molecule has 1 saturated carbocycles. The molecule has 0 atom stereocenters. The van der Waals surface area contributed by atoms with E-state index >= 15 is 0 Å². The number of amides is 1. The van der Waals surface area contributed by atoms with Crippen LogP contribution in [0.1, 0.15) is 36.0 Å². The smallest absolute Gasteiger partial charge is 0.255 e. The number of rotatable bonds is 3. The Bertz CT molecular complexity index is 660. The third-order valence-corrected chi connectivity index (χ3v) is 4.14. The standard InChI is InChI=1S/C16H19N3O2/c1-19(11-16(21)7-2-3-8-16)15(20)12-5-4-6-13-14(12)18-10-9-17-13/h4-6,9-10,21H,2-3,7-8,11H2,1H3. The first-order valence-electron chi connectivity index (χ1n) is 7.27. The topological polar surface area (TPSA) is 66.3 Å². The summed E-state index contributed by atoms with van der Waals surface area (Å²) in [5, 5.41) is 10.4. The number of nitrogens with zero attached hydrogens (tertiary/aromatic N) is 3. The van der Waals surface area contributed by atoms with Crippen molar-refractivity contribution in [2.75, 3.05) is 13.6 Å². The first kappa shape index (κ1) is 13.9. The third-order valence-electron chi connectivity index (χ3n) is 4.14. The summed E-state index contributed by atoms with van der Waals surface area (Å²) < 4.78 is 0. The molecule has 1 N–H and O–H groups in total. The lowest BCUT2D eigenvalue weighted by atomic mass is 10.0. The summed E-state index contributed by atoms with van der Waals surface area (Å²) in [4.78, 5) is 22.7. The van der Waals surface area contributed by atoms with Crippen LogP contribution in [-0.2, 0) is 0 Å². The Hall–Kier alpha value is -2.01. The largest absolute Gasteiger partial charge is 0.388 e. The van der Waals surface area contributed by atoms with Crippen LogP contribution in [0, 0.1) is 0 Å². The van der Waals surface area contributed by atoms with Gasteiger partial charge in [-0.15, -0.1) is 0 Å². The van der Waals surface area contributed by atoms with Crippen LogP contribution < -0.4 is 0 Å². The summed E-state index contributed by atoms with van der Waals surface area (Å²) in [6, 6.07) is 5.40. The molecule has 1 fully saturated rings. The van der Waals surface area contributed by atoms with Crippen molar-refractivity contribution in [3.8, 4) is 0 Å². The molecule has 1 heterocycles. The second kappa shape index (κ2) is 5.41. The minimum absolute atomic E-state index is 0.124. The number of aliphatic hydroxyl groups is 1. The molecule has 21 heavy (non-hydrogen) atoms. The van der Waals surface area contributed by atoms with Gasteiger partial charge in [0.15, 0.2) is 0 Å². The second-order valence-electron chi connectivity index (χ2n) is 5.82. The first-order chi connectivity index (χ1) is 10.1. The van der Waals surface area contributed by atoms with Crippen LogP contribution in [0.4, 0.5) is 0 Å². The molecule has 5 heteroatoms. The van der Waals surface area contributed by atoms with Crippen molar-refractivity contribution in [3.05, 3.63) is 36.2 Å². The first-order valence-corrected chi connectivity index (χ1v) is 7.27. The molecular formula is C16H19N3O2. The highest BCUT2D eigenvalue weighted by Gasteiger charge is 2.33. The molecular weight excluding hydrogens is 266 g/mol. The number of aromatic nitrogens is 2. The highest BCUT2D eigenvalue weighted by Crippen LogP contribution is 2.30. The van der Waals surface area contributed by atoms with Gasteiger partial charge in [0.05, 0.1) is 16.7 Å². The Morgan fingerprint density at radius 1 is 1.29 bits per heavy atom. The van der Waals surface area contributed by atoms with Crippen molar-refractivity contribution >= 4 is 16.9 Å². The van der Waals surface area contributed by atoms with Crippen molar-refractivity contribution < 1.29 is 9.90 Å². The average molecular weight is 285 g/mol. The SMILES string of the molecule is CN(CC1(O)CCCC1)C(=O)c1cccc2nccnc12. The zero-order valence-corrected chi connectivity index (χ0v) is 12.1. The van der Waals surface area contributed by atoms with Crippen LogP contribution >= 0.6 is 0 Å². The zero-order chi connectivity index (χ0) is 14.9. The molecule has 110 valence electrons. The molecule has 1 aliphatic rings. The van der Waals surface area contributed by atoms with Crippen molar-refractivity contribution in [3.63, 3.8) is 0 Å². The van der Waals surface area contributed by atoms with E-state index in [1.807, 2.05) is 12.1 Å². The minimum atomic E-state index is -0.735. The predicted molar refractivity (Wildman–Crippen MR) is 79.9 cm³/mol. The molecule has 2 aromatic rings. The fourth-order valence-corrected chi connectivity index (χ4v) is 3.08. The fraction of sp³-hybridized carbons (Fsp3) is 0.438. The Labute approximate surface area is 123 Å². The summed E-state index contributed by atoms with van der Waals surface area (Å²) in [7, 11) is 1.73. The van der Waals surface area contributed by atoms with Gasteiger partial charge in [-0.25, -0.2) is 0 Å². The predicted octanol–water partition coefficient (Wildman–Crippen LogP) is 2.01. The van der Waals surface area contributed by atoms with Crippen molar-refractivity contribution in [1.82, 2.24) is 14.9 Å². The van der Waals surface area contributed by atoms with Gasteiger partial charge in [0.25, 0.3) is 5.91 Å². The normalized spacial score (nSPS) is 17.0. The van der Waals surface area contributed by atoms with Crippen molar-refractivity contribution in [2.45, 2.75) is 31.3 Å². The van der Waals surface area contributed by atoms with Crippen LogP contribution in [-0.4, -0.2) is 45.1 Å². The molecule has 5 nitrogen and oxygen atoms in total. The van der Waals surface area contributed by atoms with Gasteiger partial charge in [0.2, 0.25) is 0 Å². The Morgan fingerprint density at radius 2 is 2.00 bits per heavy atom. The monoisotopic (exact) mass is 285 g/mol. The van der Waals surface area contributed by atoms with Gasteiger partial charge >= 0.3 is 0 Å². The van der Waals surface area contributed by atoms with E-state index < -0.39 is 5.60 Å². The lowest BCUT2D eigenvalue weighted by molar-refractivity contribution is 0.0157. The maximum atomic E-state index is 12.6. The molecule has 0 unspecified atom stereocenters. The average Bonchev–Trinajstić information content (AvgIpc) is 2.92. The lowest BCUT2D eigenvalue weighted by Gasteiger charge is -2.28. The Kier molecular flexibility index (Phi) is 3.59. The number of likely N-dealkylation sites (N-methyl/N-ethyl adjacent to an activating group) is 1. The van der Waals surface area contributed by atoms with Gasteiger partial charge in [-0.2, -0.15) is 0 Å². The van der Waals surface area contributed by atoms with Crippen LogP contribution in [0.15, 0.2) is 30.6 Å². The molecule has 1 amide bonds. The highest BCUT2D eigenvalue weighted by molar-refractivity contribution is 6.04. The van der Waals surface area contributed by atoms with Gasteiger partial charge < -0.3 is 10.0 Å². The molecule has 0 aliphatic heterocycles. The van der Waals surface area contributed by atoms with Crippen LogP contribution in [0.3, 0.4) is 0 Å².